The van der Waals surface area contributed by atoms with Crippen LogP contribution in [-0.4, -0.2) is 16.9 Å². The minimum absolute atomic E-state index is 0.197. The first-order valence-electron chi connectivity index (χ1n) is 5.46. The summed E-state index contributed by atoms with van der Waals surface area (Å²) in [5.74, 6) is 0.335. The maximum atomic E-state index is 12.7. The van der Waals surface area contributed by atoms with Crippen LogP contribution >= 0.6 is 0 Å². The predicted octanol–water partition coefficient (Wildman–Crippen LogP) is 2.36. The average Bonchev–Trinajstić information content (AvgIpc) is 2.80. The van der Waals surface area contributed by atoms with Gasteiger partial charge >= 0.3 is 6.18 Å². The molecular formula is C12H12F3N3O. The van der Waals surface area contributed by atoms with E-state index in [1.165, 1.54) is 30.1 Å². The summed E-state index contributed by atoms with van der Waals surface area (Å²) in [6.07, 6.45) is -2.92. The first-order chi connectivity index (χ1) is 8.97. The summed E-state index contributed by atoms with van der Waals surface area (Å²) < 4.78 is 44.4. The zero-order valence-corrected chi connectivity index (χ0v) is 10.1. The summed E-state index contributed by atoms with van der Waals surface area (Å²) in [5, 5.41) is 4.00. The molecule has 0 aliphatic heterocycles. The molecule has 0 atom stereocenters. The molecular weight excluding hydrogens is 259 g/mol. The Kier molecular flexibility index (Phi) is 3.48. The van der Waals surface area contributed by atoms with E-state index in [4.69, 9.17) is 10.5 Å². The van der Waals surface area contributed by atoms with E-state index in [1.807, 2.05) is 0 Å². The number of halogens is 3. The molecule has 2 rings (SSSR count). The van der Waals surface area contributed by atoms with Crippen LogP contribution < -0.4 is 10.5 Å². The highest BCUT2D eigenvalue weighted by atomic mass is 19.4. The second kappa shape index (κ2) is 4.93. The molecule has 0 fully saturated rings. The van der Waals surface area contributed by atoms with Gasteiger partial charge in [-0.05, 0) is 18.2 Å². The number of alkyl halides is 3. The molecule has 7 heteroatoms. The molecule has 1 heterocycles. The van der Waals surface area contributed by atoms with Crippen LogP contribution in [0.2, 0.25) is 0 Å². The molecule has 0 saturated heterocycles. The summed E-state index contributed by atoms with van der Waals surface area (Å²) in [6.45, 7) is 0.197. The number of hydrogen-bond donors (Lipinski definition) is 1. The largest absolute Gasteiger partial charge is 0.481 e. The van der Waals surface area contributed by atoms with Crippen LogP contribution in [-0.2, 0) is 12.7 Å². The van der Waals surface area contributed by atoms with Crippen molar-refractivity contribution >= 4 is 0 Å². The molecule has 4 nitrogen and oxygen atoms in total. The van der Waals surface area contributed by atoms with Crippen molar-refractivity contribution in [1.29, 1.82) is 0 Å². The number of rotatable bonds is 3. The lowest BCUT2D eigenvalue weighted by Crippen LogP contribution is -2.07. The molecule has 0 bridgehead atoms. The van der Waals surface area contributed by atoms with E-state index >= 15 is 0 Å². The second-order valence-corrected chi connectivity index (χ2v) is 3.84. The van der Waals surface area contributed by atoms with Crippen LogP contribution in [0.3, 0.4) is 0 Å². The Bertz CT molecular complexity index is 578. The van der Waals surface area contributed by atoms with Crippen LogP contribution in [0.4, 0.5) is 13.2 Å². The van der Waals surface area contributed by atoms with Gasteiger partial charge in [0, 0.05) is 12.1 Å². The van der Waals surface area contributed by atoms with Crippen molar-refractivity contribution in [2.24, 2.45) is 5.73 Å². The van der Waals surface area contributed by atoms with Crippen LogP contribution in [0.15, 0.2) is 30.5 Å². The predicted molar refractivity (Wildman–Crippen MR) is 63.0 cm³/mol. The van der Waals surface area contributed by atoms with Gasteiger partial charge in [0.2, 0.25) is 5.88 Å². The van der Waals surface area contributed by atoms with Gasteiger partial charge in [-0.15, -0.1) is 0 Å². The molecule has 19 heavy (non-hydrogen) atoms. The summed E-state index contributed by atoms with van der Waals surface area (Å²) in [5.41, 5.74) is 5.66. The molecule has 0 aliphatic carbocycles. The van der Waals surface area contributed by atoms with Gasteiger partial charge in [0.15, 0.2) is 0 Å². The third kappa shape index (κ3) is 2.55. The Labute approximate surface area is 107 Å². The molecule has 0 aliphatic rings. The van der Waals surface area contributed by atoms with Gasteiger partial charge in [-0.2, -0.15) is 18.3 Å². The van der Waals surface area contributed by atoms with Gasteiger partial charge in [0.25, 0.3) is 0 Å². The fraction of sp³-hybridized carbons (Fsp3) is 0.250. The first-order valence-corrected chi connectivity index (χ1v) is 5.46. The Morgan fingerprint density at radius 1 is 1.37 bits per heavy atom. The van der Waals surface area contributed by atoms with Gasteiger partial charge in [0.1, 0.15) is 0 Å². The van der Waals surface area contributed by atoms with Gasteiger partial charge in [0.05, 0.1) is 24.6 Å². The topological polar surface area (TPSA) is 53.1 Å². The number of hydrogen-bond acceptors (Lipinski definition) is 3. The molecule has 2 N–H and O–H groups in total. The Morgan fingerprint density at radius 3 is 2.68 bits per heavy atom. The number of ether oxygens (including phenoxy) is 1. The SMILES string of the molecule is COc1c(CN)cnn1-c1cccc(C(F)(F)F)c1. The van der Waals surface area contributed by atoms with Crippen LogP contribution in [0, 0.1) is 0 Å². The number of methoxy groups -OCH3 is 1. The number of aromatic nitrogens is 2. The van der Waals surface area contributed by atoms with Crippen molar-refractivity contribution in [2.75, 3.05) is 7.11 Å². The summed E-state index contributed by atoms with van der Waals surface area (Å²) in [7, 11) is 1.42. The first kappa shape index (κ1) is 13.4. The minimum Gasteiger partial charge on any atom is -0.481 e. The zero-order valence-electron chi connectivity index (χ0n) is 10.1. The zero-order chi connectivity index (χ0) is 14.0. The molecule has 0 amide bonds. The molecule has 0 spiro atoms. The lowest BCUT2D eigenvalue weighted by molar-refractivity contribution is -0.137. The highest BCUT2D eigenvalue weighted by Gasteiger charge is 2.30. The number of nitrogens with two attached hydrogens (primary N) is 1. The maximum absolute atomic E-state index is 12.7. The van der Waals surface area contributed by atoms with E-state index in [0.717, 1.165) is 12.1 Å². The van der Waals surface area contributed by atoms with Crippen molar-refractivity contribution in [1.82, 2.24) is 9.78 Å². The quantitative estimate of drug-likeness (QED) is 0.932. The van der Waals surface area contributed by atoms with Crippen molar-refractivity contribution in [3.05, 3.63) is 41.6 Å². The summed E-state index contributed by atoms with van der Waals surface area (Å²) in [4.78, 5) is 0. The lowest BCUT2D eigenvalue weighted by atomic mass is 10.2. The van der Waals surface area contributed by atoms with E-state index in [1.54, 1.807) is 0 Å². The van der Waals surface area contributed by atoms with E-state index < -0.39 is 11.7 Å². The van der Waals surface area contributed by atoms with Gasteiger partial charge in [-0.1, -0.05) is 6.07 Å². The fourth-order valence-corrected chi connectivity index (χ4v) is 1.73. The molecule has 2 aromatic rings. The fourth-order valence-electron chi connectivity index (χ4n) is 1.73. The van der Waals surface area contributed by atoms with Gasteiger partial charge in [-0.3, -0.25) is 0 Å². The number of nitrogens with zero attached hydrogens (tertiary/aromatic N) is 2. The van der Waals surface area contributed by atoms with Gasteiger partial charge in [-0.25, -0.2) is 4.68 Å². The maximum Gasteiger partial charge on any atom is 0.416 e. The van der Waals surface area contributed by atoms with E-state index in [9.17, 15) is 13.2 Å². The third-order valence-electron chi connectivity index (χ3n) is 2.63. The third-order valence-corrected chi connectivity index (χ3v) is 2.63. The van der Waals surface area contributed by atoms with E-state index in [2.05, 4.69) is 5.10 Å². The summed E-state index contributed by atoms with van der Waals surface area (Å²) >= 11 is 0. The van der Waals surface area contributed by atoms with Gasteiger partial charge < -0.3 is 10.5 Å². The molecule has 0 unspecified atom stereocenters. The van der Waals surface area contributed by atoms with Crippen LogP contribution in [0.25, 0.3) is 5.69 Å². The smallest absolute Gasteiger partial charge is 0.416 e. The van der Waals surface area contributed by atoms with Crippen molar-refractivity contribution in [2.45, 2.75) is 12.7 Å². The average molecular weight is 271 g/mol. The van der Waals surface area contributed by atoms with Crippen molar-refractivity contribution in [3.8, 4) is 11.6 Å². The second-order valence-electron chi connectivity index (χ2n) is 3.84. The minimum atomic E-state index is -4.40. The van der Waals surface area contributed by atoms with E-state index in [-0.39, 0.29) is 12.2 Å². The van der Waals surface area contributed by atoms with Crippen molar-refractivity contribution in [3.63, 3.8) is 0 Å². The highest BCUT2D eigenvalue weighted by Crippen LogP contribution is 2.31. The monoisotopic (exact) mass is 271 g/mol. The molecule has 1 aromatic carbocycles. The molecule has 0 saturated carbocycles. The van der Waals surface area contributed by atoms with E-state index in [0.29, 0.717) is 11.4 Å². The van der Waals surface area contributed by atoms with Crippen LogP contribution in [0.1, 0.15) is 11.1 Å². The van der Waals surface area contributed by atoms with Crippen LogP contribution in [0.5, 0.6) is 5.88 Å². The summed E-state index contributed by atoms with van der Waals surface area (Å²) in [6, 6.07) is 4.85. The standard InChI is InChI=1S/C12H12F3N3O/c1-19-11-8(6-16)7-17-18(11)10-4-2-3-9(5-10)12(13,14)15/h2-5,7H,6,16H2,1H3. The van der Waals surface area contributed by atoms with Crippen molar-refractivity contribution < 1.29 is 17.9 Å². The Hall–Kier alpha value is -2.02. The number of benzene rings is 1. The lowest BCUT2D eigenvalue weighted by Gasteiger charge is -2.11. The Balaban J connectivity index is 2.51. The highest BCUT2D eigenvalue weighted by molar-refractivity contribution is 5.41. The normalized spacial score (nSPS) is 11.6. The molecule has 102 valence electrons. The molecule has 1 aromatic heterocycles. The molecule has 0 radical (unpaired) electrons. The Morgan fingerprint density at radius 2 is 2.11 bits per heavy atom.